The summed E-state index contributed by atoms with van der Waals surface area (Å²) in [5.41, 5.74) is 0. The van der Waals surface area contributed by atoms with Crippen molar-refractivity contribution in [3.8, 4) is 5.75 Å². The number of likely N-dealkylation sites (tertiary alicyclic amines) is 1. The zero-order valence-corrected chi connectivity index (χ0v) is 14.3. The van der Waals surface area contributed by atoms with Crippen molar-refractivity contribution in [3.05, 3.63) is 60.4 Å². The molecule has 1 aliphatic rings. The van der Waals surface area contributed by atoms with E-state index in [0.717, 1.165) is 12.1 Å². The fourth-order valence-electron chi connectivity index (χ4n) is 2.82. The number of nitrogens with zero attached hydrogens (tertiary/aromatic N) is 1. The van der Waals surface area contributed by atoms with Crippen LogP contribution in [0.2, 0.25) is 0 Å². The molecule has 1 aliphatic heterocycles. The van der Waals surface area contributed by atoms with E-state index in [4.69, 9.17) is 4.74 Å². The van der Waals surface area contributed by atoms with E-state index in [-0.39, 0.29) is 4.90 Å². The van der Waals surface area contributed by atoms with Crippen LogP contribution in [0.1, 0.15) is 12.8 Å². The van der Waals surface area contributed by atoms with Crippen LogP contribution in [0.25, 0.3) is 0 Å². The summed E-state index contributed by atoms with van der Waals surface area (Å²) in [6.07, 6.45) is 0.163. The van der Waals surface area contributed by atoms with Gasteiger partial charge in [0.05, 0.1) is 10.1 Å². The summed E-state index contributed by atoms with van der Waals surface area (Å²) in [6.45, 7) is 0.605. The van der Waals surface area contributed by atoms with Gasteiger partial charge in [0.1, 0.15) is 11.6 Å². The highest BCUT2D eigenvalue weighted by molar-refractivity contribution is 7.92. The maximum atomic E-state index is 13.0. The van der Waals surface area contributed by atoms with Crippen molar-refractivity contribution in [3.63, 3.8) is 0 Å². The second kappa shape index (κ2) is 7.23. The molecule has 1 saturated heterocycles. The predicted molar refractivity (Wildman–Crippen MR) is 90.6 cm³/mol. The van der Waals surface area contributed by atoms with Crippen LogP contribution < -0.4 is 4.74 Å². The van der Waals surface area contributed by atoms with Gasteiger partial charge in [-0.2, -0.15) is 0 Å². The Hall–Kier alpha value is -2.41. The summed E-state index contributed by atoms with van der Waals surface area (Å²) < 4.78 is 43.5. The third-order valence-corrected chi connectivity index (χ3v) is 6.51. The highest BCUT2D eigenvalue weighted by atomic mass is 32.2. The molecule has 0 aliphatic carbocycles. The van der Waals surface area contributed by atoms with Crippen LogP contribution in [0, 0.1) is 5.82 Å². The largest absolute Gasteiger partial charge is 0.415 e. The van der Waals surface area contributed by atoms with Gasteiger partial charge in [0.25, 0.3) is 0 Å². The number of para-hydroxylation sites is 1. The van der Waals surface area contributed by atoms with Crippen molar-refractivity contribution in [2.45, 2.75) is 23.0 Å². The first-order chi connectivity index (χ1) is 12.0. The van der Waals surface area contributed by atoms with Crippen LogP contribution in [-0.2, 0) is 9.84 Å². The summed E-state index contributed by atoms with van der Waals surface area (Å²) in [5, 5.41) is -0.585. The molecule has 1 amide bonds. The summed E-state index contributed by atoms with van der Waals surface area (Å²) >= 11 is 0. The standard InChI is InChI=1S/C18H18FNO4S/c19-14-6-8-16(9-7-14)25(22,23)17-10-12-20(13-11-17)18(21)24-15-4-2-1-3-5-15/h1-9,17H,10-13H2. The fraction of sp³-hybridized carbons (Fsp3) is 0.278. The summed E-state index contributed by atoms with van der Waals surface area (Å²) in [5.74, 6) is -0.0222. The van der Waals surface area contributed by atoms with Gasteiger partial charge in [-0.3, -0.25) is 0 Å². The van der Waals surface area contributed by atoms with Gasteiger partial charge in [-0.1, -0.05) is 18.2 Å². The summed E-state index contributed by atoms with van der Waals surface area (Å²) in [7, 11) is -3.53. The number of piperidine rings is 1. The lowest BCUT2D eigenvalue weighted by Gasteiger charge is -2.31. The number of carbonyl (C=O) groups excluding carboxylic acids is 1. The van der Waals surface area contributed by atoms with Crippen molar-refractivity contribution >= 4 is 15.9 Å². The van der Waals surface area contributed by atoms with Crippen LogP contribution >= 0.6 is 0 Å². The van der Waals surface area contributed by atoms with Gasteiger partial charge in [0, 0.05) is 13.1 Å². The van der Waals surface area contributed by atoms with Crippen molar-refractivity contribution in [2.24, 2.45) is 0 Å². The SMILES string of the molecule is O=C(Oc1ccccc1)N1CCC(S(=O)(=O)c2ccc(F)cc2)CC1. The minimum absolute atomic E-state index is 0.110. The van der Waals surface area contributed by atoms with Crippen molar-refractivity contribution in [2.75, 3.05) is 13.1 Å². The molecule has 3 rings (SSSR count). The van der Waals surface area contributed by atoms with Gasteiger partial charge in [0.15, 0.2) is 9.84 Å². The molecule has 7 heteroatoms. The monoisotopic (exact) mass is 363 g/mol. The first-order valence-electron chi connectivity index (χ1n) is 7.98. The zero-order chi connectivity index (χ0) is 17.9. The number of carbonyl (C=O) groups is 1. The maximum Gasteiger partial charge on any atom is 0.415 e. The predicted octanol–water partition coefficient (Wildman–Crippen LogP) is 3.26. The van der Waals surface area contributed by atoms with Gasteiger partial charge < -0.3 is 9.64 Å². The zero-order valence-electron chi connectivity index (χ0n) is 13.5. The third-order valence-electron chi connectivity index (χ3n) is 4.23. The molecule has 0 spiro atoms. The average Bonchev–Trinajstić information content (AvgIpc) is 2.63. The van der Waals surface area contributed by atoms with Crippen molar-refractivity contribution < 1.29 is 22.3 Å². The Balaban J connectivity index is 1.61. The molecule has 0 radical (unpaired) electrons. The van der Waals surface area contributed by atoms with Crippen molar-refractivity contribution in [1.82, 2.24) is 4.90 Å². The Morgan fingerprint density at radius 2 is 1.60 bits per heavy atom. The lowest BCUT2D eigenvalue weighted by molar-refractivity contribution is 0.143. The van der Waals surface area contributed by atoms with E-state index in [1.165, 1.54) is 17.0 Å². The number of benzene rings is 2. The number of hydrogen-bond donors (Lipinski definition) is 0. The number of sulfone groups is 1. The molecule has 2 aromatic rings. The molecular weight excluding hydrogens is 345 g/mol. The molecule has 1 fully saturated rings. The molecule has 25 heavy (non-hydrogen) atoms. The molecule has 5 nitrogen and oxygen atoms in total. The first kappa shape index (κ1) is 17.4. The lowest BCUT2D eigenvalue weighted by atomic mass is 10.1. The Morgan fingerprint density at radius 3 is 2.20 bits per heavy atom. The summed E-state index contributed by atoms with van der Waals surface area (Å²) in [4.78, 5) is 13.8. The number of amides is 1. The number of ether oxygens (including phenoxy) is 1. The molecule has 0 atom stereocenters. The van der Waals surface area contributed by atoms with E-state index in [0.29, 0.717) is 31.7 Å². The highest BCUT2D eigenvalue weighted by Gasteiger charge is 2.33. The molecule has 0 aromatic heterocycles. The minimum Gasteiger partial charge on any atom is -0.410 e. The summed E-state index contributed by atoms with van der Waals surface area (Å²) in [6, 6.07) is 13.6. The Labute approximate surface area is 145 Å². The molecule has 1 heterocycles. The Morgan fingerprint density at radius 1 is 1.00 bits per heavy atom. The Kier molecular flexibility index (Phi) is 5.03. The van der Waals surface area contributed by atoms with Crippen LogP contribution in [0.5, 0.6) is 5.75 Å². The normalized spacial score (nSPS) is 15.8. The van der Waals surface area contributed by atoms with Crippen LogP contribution in [0.15, 0.2) is 59.5 Å². The molecule has 2 aromatic carbocycles. The van der Waals surface area contributed by atoms with Gasteiger partial charge in [0.2, 0.25) is 0 Å². The highest BCUT2D eigenvalue weighted by Crippen LogP contribution is 2.25. The average molecular weight is 363 g/mol. The first-order valence-corrected chi connectivity index (χ1v) is 9.53. The molecule has 0 saturated carbocycles. The molecule has 0 bridgehead atoms. The van der Waals surface area contributed by atoms with E-state index < -0.39 is 27.0 Å². The van der Waals surface area contributed by atoms with Crippen LogP contribution in [0.3, 0.4) is 0 Å². The van der Waals surface area contributed by atoms with E-state index in [9.17, 15) is 17.6 Å². The van der Waals surface area contributed by atoms with Crippen molar-refractivity contribution in [1.29, 1.82) is 0 Å². The smallest absolute Gasteiger partial charge is 0.410 e. The fourth-order valence-corrected chi connectivity index (χ4v) is 4.55. The topological polar surface area (TPSA) is 63.7 Å². The number of rotatable bonds is 3. The second-order valence-corrected chi connectivity index (χ2v) is 8.09. The van der Waals surface area contributed by atoms with E-state index in [2.05, 4.69) is 0 Å². The van der Waals surface area contributed by atoms with Gasteiger partial charge in [-0.05, 0) is 49.2 Å². The van der Waals surface area contributed by atoms with E-state index in [1.54, 1.807) is 24.3 Å². The maximum absolute atomic E-state index is 13.0. The van der Waals surface area contributed by atoms with E-state index >= 15 is 0 Å². The minimum atomic E-state index is -3.53. The van der Waals surface area contributed by atoms with Gasteiger partial charge in [-0.15, -0.1) is 0 Å². The third kappa shape index (κ3) is 3.99. The Bertz CT molecular complexity index is 829. The van der Waals surface area contributed by atoms with E-state index in [1.807, 2.05) is 6.07 Å². The number of hydrogen-bond acceptors (Lipinski definition) is 4. The quantitative estimate of drug-likeness (QED) is 0.785. The van der Waals surface area contributed by atoms with Gasteiger partial charge in [-0.25, -0.2) is 17.6 Å². The van der Waals surface area contributed by atoms with Crippen LogP contribution in [0.4, 0.5) is 9.18 Å². The second-order valence-electron chi connectivity index (χ2n) is 5.87. The molecule has 0 N–H and O–H groups in total. The van der Waals surface area contributed by atoms with Crippen LogP contribution in [-0.4, -0.2) is 37.8 Å². The molecule has 0 unspecified atom stereocenters. The lowest BCUT2D eigenvalue weighted by Crippen LogP contribution is -2.43. The molecular formula is C18H18FNO4S. The van der Waals surface area contributed by atoms with Gasteiger partial charge >= 0.3 is 6.09 Å². The number of halogens is 1. The molecule has 132 valence electrons.